The second-order valence-electron chi connectivity index (χ2n) is 5.06. The molecule has 2 aromatic rings. The number of nitrogen functional groups attached to an aromatic ring is 1. The quantitative estimate of drug-likeness (QED) is 0.287. The van der Waals surface area contributed by atoms with Crippen LogP contribution in [0, 0.1) is 0 Å². The van der Waals surface area contributed by atoms with Crippen LogP contribution in [0.3, 0.4) is 0 Å². The van der Waals surface area contributed by atoms with Gasteiger partial charge in [0.1, 0.15) is 5.75 Å². The fourth-order valence-corrected chi connectivity index (χ4v) is 2.23. The highest BCUT2D eigenvalue weighted by atomic mass is 32.2. The molecule has 0 atom stereocenters. The second-order valence-corrected chi connectivity index (χ2v) is 5.89. The Bertz CT molecular complexity index is 691. The summed E-state index contributed by atoms with van der Waals surface area (Å²) >= 11 is 1.33. The zero-order valence-corrected chi connectivity index (χ0v) is 15.6. The number of rotatable bonds is 5. The molecule has 0 aliphatic rings. The van der Waals surface area contributed by atoms with E-state index in [-0.39, 0.29) is 5.97 Å². The van der Waals surface area contributed by atoms with Gasteiger partial charge >= 0.3 is 5.97 Å². The molecule has 0 bridgehead atoms. The minimum atomic E-state index is -0.245. The molecule has 2 rings (SSSR count). The summed E-state index contributed by atoms with van der Waals surface area (Å²) in [7, 11) is 5.19. The van der Waals surface area contributed by atoms with Gasteiger partial charge in [-0.15, -0.1) is 0 Å². The Kier molecular flexibility index (Phi) is 8.95. The van der Waals surface area contributed by atoms with E-state index in [0.717, 1.165) is 10.6 Å². The predicted molar refractivity (Wildman–Crippen MR) is 103 cm³/mol. The number of carbonyl (C=O) groups is 1. The average molecular weight is 361 g/mol. The summed E-state index contributed by atoms with van der Waals surface area (Å²) in [6, 6.07) is 15.2. The van der Waals surface area contributed by atoms with Gasteiger partial charge in [0.05, 0.1) is 24.0 Å². The van der Waals surface area contributed by atoms with Gasteiger partial charge in [0.25, 0.3) is 0 Å². The van der Waals surface area contributed by atoms with Gasteiger partial charge in [-0.2, -0.15) is 0 Å². The third kappa shape index (κ3) is 8.12. The molecule has 0 aliphatic heterocycles. The van der Waals surface area contributed by atoms with Crippen molar-refractivity contribution < 1.29 is 14.3 Å². The zero-order valence-electron chi connectivity index (χ0n) is 14.8. The van der Waals surface area contributed by atoms with E-state index in [4.69, 9.17) is 10.5 Å². The molecule has 0 aromatic heterocycles. The van der Waals surface area contributed by atoms with E-state index in [0.29, 0.717) is 11.4 Å². The van der Waals surface area contributed by atoms with Crippen molar-refractivity contribution in [3.8, 4) is 11.5 Å². The Morgan fingerprint density at radius 3 is 2.36 bits per heavy atom. The van der Waals surface area contributed by atoms with Gasteiger partial charge in [0.2, 0.25) is 0 Å². The number of benzene rings is 2. The summed E-state index contributed by atoms with van der Waals surface area (Å²) in [6.07, 6.45) is 1.74. The first kappa shape index (κ1) is 20.4. The molecule has 0 spiro atoms. The predicted octanol–water partition coefficient (Wildman–Crippen LogP) is 3.84. The SMILES string of the molecule is CN(C)/C=N\Sc1cccc(N)c1Oc1ccccc1.COC(C)=O. The van der Waals surface area contributed by atoms with Crippen molar-refractivity contribution in [3.05, 3.63) is 48.5 Å². The summed E-state index contributed by atoms with van der Waals surface area (Å²) < 4.78 is 14.2. The van der Waals surface area contributed by atoms with E-state index in [9.17, 15) is 4.79 Å². The van der Waals surface area contributed by atoms with Crippen molar-refractivity contribution in [2.24, 2.45) is 4.40 Å². The van der Waals surface area contributed by atoms with Crippen molar-refractivity contribution in [3.63, 3.8) is 0 Å². The molecule has 0 saturated heterocycles. The highest BCUT2D eigenvalue weighted by Gasteiger charge is 2.09. The Hall–Kier alpha value is -2.67. The summed E-state index contributed by atoms with van der Waals surface area (Å²) in [5.41, 5.74) is 6.60. The Morgan fingerprint density at radius 2 is 1.80 bits per heavy atom. The molecular formula is C18H23N3O3S. The van der Waals surface area contributed by atoms with Crippen LogP contribution in [0.25, 0.3) is 0 Å². The first-order valence-electron chi connectivity index (χ1n) is 7.47. The van der Waals surface area contributed by atoms with E-state index in [2.05, 4.69) is 9.13 Å². The van der Waals surface area contributed by atoms with Gasteiger partial charge < -0.3 is 20.1 Å². The number of esters is 1. The fourth-order valence-electron chi connectivity index (χ4n) is 1.49. The topological polar surface area (TPSA) is 77.2 Å². The van der Waals surface area contributed by atoms with Crippen molar-refractivity contribution in [1.29, 1.82) is 0 Å². The molecule has 0 heterocycles. The van der Waals surface area contributed by atoms with Gasteiger partial charge in [0.15, 0.2) is 5.75 Å². The maximum Gasteiger partial charge on any atom is 0.302 e. The average Bonchev–Trinajstić information content (AvgIpc) is 2.59. The minimum absolute atomic E-state index is 0.245. The number of hydrogen-bond acceptors (Lipinski definition) is 6. The first-order chi connectivity index (χ1) is 11.9. The van der Waals surface area contributed by atoms with Crippen LogP contribution in [0.15, 0.2) is 57.8 Å². The van der Waals surface area contributed by atoms with Crippen LogP contribution in [0.1, 0.15) is 6.92 Å². The van der Waals surface area contributed by atoms with E-state index in [1.165, 1.54) is 26.0 Å². The molecule has 2 N–H and O–H groups in total. The number of nitrogens with two attached hydrogens (primary N) is 1. The molecule has 0 saturated carbocycles. The van der Waals surface area contributed by atoms with Gasteiger partial charge in [-0.1, -0.05) is 24.3 Å². The van der Waals surface area contributed by atoms with Gasteiger partial charge in [0, 0.05) is 33.0 Å². The highest BCUT2D eigenvalue weighted by Crippen LogP contribution is 2.37. The Morgan fingerprint density at radius 1 is 1.16 bits per heavy atom. The van der Waals surface area contributed by atoms with Crippen molar-refractivity contribution in [2.75, 3.05) is 26.9 Å². The smallest absolute Gasteiger partial charge is 0.302 e. The lowest BCUT2D eigenvalue weighted by atomic mass is 10.3. The standard InChI is InChI=1S/C15H17N3OS.C3H6O2/c1-18(2)11-17-20-14-10-6-9-13(16)15(14)19-12-7-4-3-5-8-12;1-3(4)5-2/h3-11H,16H2,1-2H3;1-2H3/b17-11-;. The van der Waals surface area contributed by atoms with Crippen LogP contribution in [-0.2, 0) is 9.53 Å². The number of anilines is 1. The first-order valence-corrected chi connectivity index (χ1v) is 8.24. The molecule has 7 heteroatoms. The highest BCUT2D eigenvalue weighted by molar-refractivity contribution is 7.98. The normalized spacial score (nSPS) is 9.92. The Balaban J connectivity index is 0.000000550. The van der Waals surface area contributed by atoms with Crippen LogP contribution in [0.2, 0.25) is 0 Å². The molecule has 0 fully saturated rings. The third-order valence-electron chi connectivity index (χ3n) is 2.69. The molecule has 0 radical (unpaired) electrons. The lowest BCUT2D eigenvalue weighted by Gasteiger charge is -2.11. The number of hydrogen-bond donors (Lipinski definition) is 1. The monoisotopic (exact) mass is 361 g/mol. The van der Waals surface area contributed by atoms with Crippen molar-refractivity contribution in [1.82, 2.24) is 4.90 Å². The summed E-state index contributed by atoms with van der Waals surface area (Å²) in [4.78, 5) is 12.3. The zero-order chi connectivity index (χ0) is 18.7. The lowest BCUT2D eigenvalue weighted by Crippen LogP contribution is -2.06. The summed E-state index contributed by atoms with van der Waals surface area (Å²) in [5.74, 6) is 1.15. The van der Waals surface area contributed by atoms with E-state index in [1.807, 2.05) is 67.5 Å². The number of para-hydroxylation sites is 2. The molecule has 6 nitrogen and oxygen atoms in total. The molecule has 25 heavy (non-hydrogen) atoms. The molecule has 0 aliphatic carbocycles. The van der Waals surface area contributed by atoms with Crippen LogP contribution < -0.4 is 10.5 Å². The van der Waals surface area contributed by atoms with Crippen LogP contribution in [0.4, 0.5) is 5.69 Å². The van der Waals surface area contributed by atoms with E-state index in [1.54, 1.807) is 6.34 Å². The fraction of sp³-hybridized carbons (Fsp3) is 0.222. The van der Waals surface area contributed by atoms with Crippen LogP contribution in [-0.4, -0.2) is 38.4 Å². The van der Waals surface area contributed by atoms with Gasteiger partial charge in [-0.3, -0.25) is 4.79 Å². The molecule has 134 valence electrons. The van der Waals surface area contributed by atoms with Crippen molar-refractivity contribution >= 4 is 29.9 Å². The number of methoxy groups -OCH3 is 1. The molecule has 0 amide bonds. The summed E-state index contributed by atoms with van der Waals surface area (Å²) in [5, 5.41) is 0. The van der Waals surface area contributed by atoms with Gasteiger partial charge in [-0.05, 0) is 24.3 Å². The van der Waals surface area contributed by atoms with Gasteiger partial charge in [-0.25, -0.2) is 4.40 Å². The maximum absolute atomic E-state index is 9.59. The van der Waals surface area contributed by atoms with Crippen molar-refractivity contribution in [2.45, 2.75) is 11.8 Å². The third-order valence-corrected chi connectivity index (χ3v) is 3.41. The molecular weight excluding hydrogens is 338 g/mol. The van der Waals surface area contributed by atoms with Crippen LogP contribution in [0.5, 0.6) is 11.5 Å². The molecule has 0 unspecified atom stereocenters. The summed E-state index contributed by atoms with van der Waals surface area (Å²) in [6.45, 7) is 1.36. The van der Waals surface area contributed by atoms with Crippen LogP contribution >= 0.6 is 11.9 Å². The number of carbonyl (C=O) groups excluding carboxylic acids is 1. The van der Waals surface area contributed by atoms with E-state index < -0.39 is 0 Å². The second kappa shape index (κ2) is 11.0. The number of nitrogens with zero attached hydrogens (tertiary/aromatic N) is 2. The van der Waals surface area contributed by atoms with E-state index >= 15 is 0 Å². The maximum atomic E-state index is 9.59. The lowest BCUT2D eigenvalue weighted by molar-refractivity contribution is -0.137. The molecule has 2 aromatic carbocycles. The minimum Gasteiger partial charge on any atom is -0.469 e. The Labute approximate surface area is 152 Å². The number of ether oxygens (including phenoxy) is 2. The largest absolute Gasteiger partial charge is 0.469 e.